The monoisotopic (exact) mass is 335 g/mol. The number of nitrogens with two attached hydrogens (primary N) is 1. The van der Waals surface area contributed by atoms with Crippen LogP contribution >= 0.6 is 11.8 Å². The van der Waals surface area contributed by atoms with Gasteiger partial charge in [0.2, 0.25) is 0 Å². The van der Waals surface area contributed by atoms with Gasteiger partial charge >= 0.3 is 0 Å². The van der Waals surface area contributed by atoms with Crippen molar-refractivity contribution in [3.05, 3.63) is 49.1 Å². The number of hydrogen-bond donors (Lipinski definition) is 1. The first kappa shape index (κ1) is 14.6. The number of pyridine rings is 1. The maximum Gasteiger partial charge on any atom is 0.197 e. The van der Waals surface area contributed by atoms with Crippen LogP contribution in [0.15, 0.2) is 59.2 Å². The van der Waals surface area contributed by atoms with Crippen molar-refractivity contribution in [2.75, 3.05) is 5.73 Å². The summed E-state index contributed by atoms with van der Waals surface area (Å²) in [4.78, 5) is 13.1. The highest BCUT2D eigenvalue weighted by Crippen LogP contribution is 2.32. The van der Waals surface area contributed by atoms with Gasteiger partial charge in [0, 0.05) is 18.0 Å². The Kier molecular flexibility index (Phi) is 3.58. The molecular formula is C16H13N7S. The van der Waals surface area contributed by atoms with Crippen LogP contribution in [0.1, 0.15) is 0 Å². The standard InChI is InChI=1S/C16H13N7S/c1-23-9-20-22-16(23)24-13-7-6-11(15(17)21-13)14-10-4-2-3-5-12(10)18-8-19-14/h2-9H,1H3,(H2,17,21). The first-order valence-electron chi connectivity index (χ1n) is 7.21. The molecule has 1 aromatic carbocycles. The number of aryl methyl sites for hydroxylation is 1. The van der Waals surface area contributed by atoms with E-state index in [-0.39, 0.29) is 0 Å². The van der Waals surface area contributed by atoms with Gasteiger partial charge < -0.3 is 10.3 Å². The number of benzene rings is 1. The highest BCUT2D eigenvalue weighted by molar-refractivity contribution is 7.99. The highest BCUT2D eigenvalue weighted by Gasteiger charge is 2.12. The van der Waals surface area contributed by atoms with E-state index in [1.54, 1.807) is 12.7 Å². The van der Waals surface area contributed by atoms with Crippen LogP contribution in [0.5, 0.6) is 0 Å². The number of fused-ring (bicyclic) bond motifs is 1. The fourth-order valence-corrected chi connectivity index (χ4v) is 3.14. The number of hydrogen-bond acceptors (Lipinski definition) is 7. The van der Waals surface area contributed by atoms with E-state index < -0.39 is 0 Å². The summed E-state index contributed by atoms with van der Waals surface area (Å²) in [7, 11) is 1.88. The van der Waals surface area contributed by atoms with E-state index >= 15 is 0 Å². The largest absolute Gasteiger partial charge is 0.383 e. The molecular weight excluding hydrogens is 322 g/mol. The molecule has 4 aromatic rings. The summed E-state index contributed by atoms with van der Waals surface area (Å²) in [6.45, 7) is 0. The summed E-state index contributed by atoms with van der Waals surface area (Å²) in [5.74, 6) is 0.422. The molecule has 0 bridgehead atoms. The van der Waals surface area contributed by atoms with Gasteiger partial charge in [-0.3, -0.25) is 0 Å². The zero-order valence-electron chi connectivity index (χ0n) is 12.8. The Hall–Kier alpha value is -3.00. The second-order valence-electron chi connectivity index (χ2n) is 5.15. The molecule has 7 nitrogen and oxygen atoms in total. The number of anilines is 1. The molecule has 0 atom stereocenters. The summed E-state index contributed by atoms with van der Waals surface area (Å²) in [6.07, 6.45) is 3.19. The summed E-state index contributed by atoms with van der Waals surface area (Å²) >= 11 is 1.41. The molecule has 0 unspecified atom stereocenters. The minimum absolute atomic E-state index is 0.422. The van der Waals surface area contributed by atoms with Gasteiger partial charge in [-0.05, 0) is 30.0 Å². The maximum absolute atomic E-state index is 6.18. The minimum Gasteiger partial charge on any atom is -0.383 e. The van der Waals surface area contributed by atoms with Crippen molar-refractivity contribution in [1.82, 2.24) is 29.7 Å². The summed E-state index contributed by atoms with van der Waals surface area (Å²) in [6, 6.07) is 11.7. The lowest BCUT2D eigenvalue weighted by Gasteiger charge is -2.08. The van der Waals surface area contributed by atoms with Crippen molar-refractivity contribution in [2.45, 2.75) is 10.2 Å². The van der Waals surface area contributed by atoms with Crippen LogP contribution in [0.2, 0.25) is 0 Å². The van der Waals surface area contributed by atoms with E-state index in [2.05, 4.69) is 25.1 Å². The van der Waals surface area contributed by atoms with Crippen molar-refractivity contribution in [3.8, 4) is 11.3 Å². The normalized spacial score (nSPS) is 11.0. The fraction of sp³-hybridized carbons (Fsp3) is 0.0625. The molecule has 24 heavy (non-hydrogen) atoms. The maximum atomic E-state index is 6.18. The van der Waals surface area contributed by atoms with Crippen LogP contribution in [0.3, 0.4) is 0 Å². The van der Waals surface area contributed by atoms with Gasteiger partial charge in [-0.2, -0.15) is 0 Å². The van der Waals surface area contributed by atoms with Crippen molar-refractivity contribution in [1.29, 1.82) is 0 Å². The van der Waals surface area contributed by atoms with Crippen LogP contribution in [0, 0.1) is 0 Å². The Morgan fingerprint density at radius 3 is 2.75 bits per heavy atom. The van der Waals surface area contributed by atoms with Crippen LogP contribution in [-0.4, -0.2) is 29.7 Å². The summed E-state index contributed by atoms with van der Waals surface area (Å²) in [5.41, 5.74) is 8.62. The zero-order chi connectivity index (χ0) is 16.5. The fourth-order valence-electron chi connectivity index (χ4n) is 2.39. The summed E-state index contributed by atoms with van der Waals surface area (Å²) in [5, 5.41) is 10.3. The van der Waals surface area contributed by atoms with Crippen LogP contribution in [0.4, 0.5) is 5.82 Å². The lowest BCUT2D eigenvalue weighted by Crippen LogP contribution is -1.98. The summed E-state index contributed by atoms with van der Waals surface area (Å²) < 4.78 is 1.83. The number of rotatable bonds is 3. The van der Waals surface area contributed by atoms with Crippen molar-refractivity contribution >= 4 is 28.5 Å². The number of aromatic nitrogens is 6. The minimum atomic E-state index is 0.422. The number of nitrogen functional groups attached to an aromatic ring is 1. The molecule has 4 rings (SSSR count). The van der Waals surface area contributed by atoms with Crippen molar-refractivity contribution < 1.29 is 0 Å². The van der Waals surface area contributed by atoms with Gasteiger partial charge in [0.15, 0.2) is 5.16 Å². The van der Waals surface area contributed by atoms with Crippen LogP contribution < -0.4 is 5.73 Å². The van der Waals surface area contributed by atoms with Crippen molar-refractivity contribution in [3.63, 3.8) is 0 Å². The van der Waals surface area contributed by atoms with Gasteiger partial charge in [-0.1, -0.05) is 18.2 Å². The average Bonchev–Trinajstić information content (AvgIpc) is 3.00. The molecule has 0 aliphatic carbocycles. The lowest BCUT2D eigenvalue weighted by molar-refractivity contribution is 0.787. The Bertz CT molecular complexity index is 1020. The third-order valence-electron chi connectivity index (χ3n) is 3.56. The van der Waals surface area contributed by atoms with Crippen LogP contribution in [0.25, 0.3) is 22.2 Å². The molecule has 2 N–H and O–H groups in total. The van der Waals surface area contributed by atoms with E-state index in [1.165, 1.54) is 11.8 Å². The van der Waals surface area contributed by atoms with E-state index in [9.17, 15) is 0 Å². The predicted octanol–water partition coefficient (Wildman–Crippen LogP) is 2.55. The van der Waals surface area contributed by atoms with E-state index in [4.69, 9.17) is 5.73 Å². The highest BCUT2D eigenvalue weighted by atomic mass is 32.2. The third kappa shape index (κ3) is 2.56. The number of nitrogens with zero attached hydrogens (tertiary/aromatic N) is 6. The van der Waals surface area contributed by atoms with E-state index in [0.717, 1.165) is 32.3 Å². The molecule has 3 aromatic heterocycles. The topological polar surface area (TPSA) is 95.4 Å². The average molecular weight is 335 g/mol. The first-order valence-corrected chi connectivity index (χ1v) is 8.02. The SMILES string of the molecule is Cn1cnnc1Sc1ccc(-c2ncnc3ccccc23)c(N)n1. The molecule has 0 saturated carbocycles. The molecule has 8 heteroatoms. The Morgan fingerprint density at radius 2 is 1.96 bits per heavy atom. The van der Waals surface area contributed by atoms with Crippen LogP contribution in [-0.2, 0) is 7.05 Å². The molecule has 0 aliphatic rings. The second kappa shape index (κ2) is 5.89. The van der Waals surface area contributed by atoms with E-state index in [0.29, 0.717) is 5.82 Å². The molecule has 0 aliphatic heterocycles. The predicted molar refractivity (Wildman–Crippen MR) is 92.3 cm³/mol. The molecule has 118 valence electrons. The molecule has 3 heterocycles. The Labute approximate surface area is 142 Å². The van der Waals surface area contributed by atoms with Gasteiger partial charge in [-0.15, -0.1) is 10.2 Å². The van der Waals surface area contributed by atoms with Gasteiger partial charge in [0.25, 0.3) is 0 Å². The second-order valence-corrected chi connectivity index (χ2v) is 6.14. The Balaban J connectivity index is 1.75. The quantitative estimate of drug-likeness (QED) is 0.614. The van der Waals surface area contributed by atoms with Gasteiger partial charge in [0.1, 0.15) is 23.5 Å². The molecule has 0 spiro atoms. The third-order valence-corrected chi connectivity index (χ3v) is 4.55. The van der Waals surface area contributed by atoms with Gasteiger partial charge in [0.05, 0.1) is 11.2 Å². The lowest BCUT2D eigenvalue weighted by atomic mass is 10.1. The van der Waals surface area contributed by atoms with Crippen molar-refractivity contribution in [2.24, 2.45) is 7.05 Å². The first-order chi connectivity index (χ1) is 11.7. The molecule has 0 amide bonds. The smallest absolute Gasteiger partial charge is 0.197 e. The Morgan fingerprint density at radius 1 is 1.08 bits per heavy atom. The van der Waals surface area contributed by atoms with E-state index in [1.807, 2.05) is 48.0 Å². The van der Waals surface area contributed by atoms with Gasteiger partial charge in [-0.25, -0.2) is 15.0 Å². The molecule has 0 fully saturated rings. The molecule has 0 radical (unpaired) electrons. The number of para-hydroxylation sites is 1. The molecule has 0 saturated heterocycles. The zero-order valence-corrected chi connectivity index (χ0v) is 13.6.